The van der Waals surface area contributed by atoms with Gasteiger partial charge in [-0.15, -0.1) is 0 Å². The van der Waals surface area contributed by atoms with E-state index >= 15 is 0 Å². The molecule has 0 spiro atoms. The normalized spacial score (nSPS) is 10.3. The fourth-order valence-electron chi connectivity index (χ4n) is 2.05. The van der Waals surface area contributed by atoms with Crippen molar-refractivity contribution in [1.29, 1.82) is 0 Å². The zero-order chi connectivity index (χ0) is 12.4. The second kappa shape index (κ2) is 4.54. The monoisotopic (exact) mass is 224 g/mol. The van der Waals surface area contributed by atoms with Crippen molar-refractivity contribution in [3.63, 3.8) is 0 Å². The van der Waals surface area contributed by atoms with Gasteiger partial charge >= 0.3 is 0 Å². The molecule has 2 aromatic rings. The molecule has 0 aromatic heterocycles. The number of benzene rings is 2. The van der Waals surface area contributed by atoms with Gasteiger partial charge in [0, 0.05) is 5.56 Å². The third kappa shape index (κ3) is 2.14. The largest absolute Gasteiger partial charge is 0.298 e. The van der Waals surface area contributed by atoms with Gasteiger partial charge in [0.2, 0.25) is 0 Å². The van der Waals surface area contributed by atoms with Crippen molar-refractivity contribution in [2.75, 3.05) is 0 Å². The minimum Gasteiger partial charge on any atom is -0.298 e. The van der Waals surface area contributed by atoms with E-state index in [9.17, 15) is 4.79 Å². The maximum atomic E-state index is 11.1. The van der Waals surface area contributed by atoms with Crippen LogP contribution in [0.25, 0.3) is 11.1 Å². The molecule has 0 amide bonds. The van der Waals surface area contributed by atoms with Gasteiger partial charge in [-0.05, 0) is 43.0 Å². The summed E-state index contributed by atoms with van der Waals surface area (Å²) in [6.07, 6.45) is 0.927. The first-order chi connectivity index (χ1) is 8.13. The topological polar surface area (TPSA) is 17.1 Å². The lowest BCUT2D eigenvalue weighted by Crippen LogP contribution is -1.92. The Morgan fingerprint density at radius 1 is 0.941 bits per heavy atom. The molecule has 86 valence electrons. The summed E-state index contributed by atoms with van der Waals surface area (Å²) in [5.41, 5.74) is 6.59. The lowest BCUT2D eigenvalue weighted by Gasteiger charge is -2.11. The molecule has 0 aliphatic heterocycles. The Morgan fingerprint density at radius 2 is 1.71 bits per heavy atom. The number of hydrogen-bond acceptors (Lipinski definition) is 1. The first-order valence-corrected chi connectivity index (χ1v) is 5.76. The molecule has 0 N–H and O–H groups in total. The van der Waals surface area contributed by atoms with E-state index in [4.69, 9.17) is 0 Å². The molecule has 0 bridgehead atoms. The summed E-state index contributed by atoms with van der Waals surface area (Å²) in [4.78, 5) is 11.1. The van der Waals surface area contributed by atoms with Crippen LogP contribution in [0.5, 0.6) is 0 Å². The summed E-state index contributed by atoms with van der Waals surface area (Å²) in [6, 6.07) is 12.1. The molecule has 0 unspecified atom stereocenters. The third-order valence-electron chi connectivity index (χ3n) is 3.23. The molecule has 17 heavy (non-hydrogen) atoms. The Morgan fingerprint density at radius 3 is 2.41 bits per heavy atom. The minimum atomic E-state index is 0.754. The third-order valence-corrected chi connectivity index (χ3v) is 3.23. The average molecular weight is 224 g/mol. The van der Waals surface area contributed by atoms with Crippen LogP contribution in [0.2, 0.25) is 0 Å². The fourth-order valence-corrected chi connectivity index (χ4v) is 2.05. The smallest absolute Gasteiger partial charge is 0.150 e. The summed E-state index contributed by atoms with van der Waals surface area (Å²) in [5, 5.41) is 0. The lowest BCUT2D eigenvalue weighted by atomic mass is 9.93. The van der Waals surface area contributed by atoms with Crippen LogP contribution < -0.4 is 0 Å². The molecule has 0 saturated heterocycles. The molecule has 2 aromatic carbocycles. The number of carbonyl (C=O) groups is 1. The van der Waals surface area contributed by atoms with Gasteiger partial charge in [0.1, 0.15) is 0 Å². The van der Waals surface area contributed by atoms with E-state index in [2.05, 4.69) is 32.0 Å². The second-order valence-corrected chi connectivity index (χ2v) is 4.46. The number of aldehydes is 1. The highest BCUT2D eigenvalue weighted by Crippen LogP contribution is 2.28. The standard InChI is InChI=1S/C16H16O/c1-11-7-8-14(10-17)16(9-11)15-6-4-5-12(2)13(15)3/h4-10H,1-3H3. The van der Waals surface area contributed by atoms with Crippen molar-refractivity contribution >= 4 is 6.29 Å². The summed E-state index contributed by atoms with van der Waals surface area (Å²) >= 11 is 0. The Kier molecular flexibility index (Phi) is 3.10. The molecule has 0 radical (unpaired) electrons. The maximum Gasteiger partial charge on any atom is 0.150 e. The van der Waals surface area contributed by atoms with E-state index in [-0.39, 0.29) is 0 Å². The van der Waals surface area contributed by atoms with Gasteiger partial charge in [0.05, 0.1) is 0 Å². The fraction of sp³-hybridized carbons (Fsp3) is 0.188. The molecule has 2 rings (SSSR count). The van der Waals surface area contributed by atoms with E-state index < -0.39 is 0 Å². The highest BCUT2D eigenvalue weighted by molar-refractivity contribution is 5.88. The van der Waals surface area contributed by atoms with Crippen molar-refractivity contribution in [3.05, 3.63) is 58.7 Å². The van der Waals surface area contributed by atoms with Crippen molar-refractivity contribution in [2.24, 2.45) is 0 Å². The van der Waals surface area contributed by atoms with Crippen molar-refractivity contribution in [1.82, 2.24) is 0 Å². The van der Waals surface area contributed by atoms with Crippen LogP contribution >= 0.6 is 0 Å². The summed E-state index contributed by atoms with van der Waals surface area (Å²) in [5.74, 6) is 0. The zero-order valence-electron chi connectivity index (χ0n) is 10.4. The predicted octanol–water partition coefficient (Wildman–Crippen LogP) is 4.09. The first-order valence-electron chi connectivity index (χ1n) is 5.76. The molecule has 1 heteroatoms. The molecule has 0 aliphatic carbocycles. The van der Waals surface area contributed by atoms with E-state index in [1.807, 2.05) is 25.1 Å². The first kappa shape index (κ1) is 11.6. The zero-order valence-corrected chi connectivity index (χ0v) is 10.4. The average Bonchev–Trinajstić information content (AvgIpc) is 2.33. The number of hydrogen-bond donors (Lipinski definition) is 0. The van der Waals surface area contributed by atoms with Crippen LogP contribution in [0.15, 0.2) is 36.4 Å². The molecular weight excluding hydrogens is 208 g/mol. The van der Waals surface area contributed by atoms with Crippen LogP contribution in [0.4, 0.5) is 0 Å². The lowest BCUT2D eigenvalue weighted by molar-refractivity contribution is 0.112. The van der Waals surface area contributed by atoms with Gasteiger partial charge in [-0.1, -0.05) is 42.0 Å². The predicted molar refractivity (Wildman–Crippen MR) is 71.5 cm³/mol. The van der Waals surface area contributed by atoms with Crippen LogP contribution in [-0.4, -0.2) is 6.29 Å². The summed E-state index contributed by atoms with van der Waals surface area (Å²) in [6.45, 7) is 6.24. The van der Waals surface area contributed by atoms with Crippen molar-refractivity contribution in [3.8, 4) is 11.1 Å². The minimum absolute atomic E-state index is 0.754. The van der Waals surface area contributed by atoms with Crippen LogP contribution in [-0.2, 0) is 0 Å². The van der Waals surface area contributed by atoms with Crippen LogP contribution in [0, 0.1) is 20.8 Å². The highest BCUT2D eigenvalue weighted by atomic mass is 16.1. The molecule has 0 fully saturated rings. The van der Waals surface area contributed by atoms with E-state index in [0.29, 0.717) is 0 Å². The molecule has 0 atom stereocenters. The Balaban J connectivity index is 2.71. The van der Waals surface area contributed by atoms with Crippen LogP contribution in [0.3, 0.4) is 0 Å². The Labute approximate surface area is 102 Å². The van der Waals surface area contributed by atoms with Gasteiger partial charge < -0.3 is 0 Å². The second-order valence-electron chi connectivity index (χ2n) is 4.46. The number of aryl methyl sites for hydroxylation is 2. The number of carbonyl (C=O) groups excluding carboxylic acids is 1. The Bertz CT molecular complexity index is 568. The maximum absolute atomic E-state index is 11.1. The summed E-state index contributed by atoms with van der Waals surface area (Å²) < 4.78 is 0. The molecule has 0 heterocycles. The SMILES string of the molecule is Cc1ccc(C=O)c(-c2cccc(C)c2C)c1. The van der Waals surface area contributed by atoms with Gasteiger partial charge in [0.15, 0.2) is 6.29 Å². The highest BCUT2D eigenvalue weighted by Gasteiger charge is 2.08. The molecule has 0 saturated carbocycles. The van der Waals surface area contributed by atoms with Gasteiger partial charge in [-0.3, -0.25) is 4.79 Å². The molecule has 0 aliphatic rings. The Hall–Kier alpha value is -1.89. The molecule has 1 nitrogen and oxygen atoms in total. The van der Waals surface area contributed by atoms with Crippen LogP contribution in [0.1, 0.15) is 27.0 Å². The van der Waals surface area contributed by atoms with E-state index in [1.54, 1.807) is 0 Å². The quantitative estimate of drug-likeness (QED) is 0.702. The van der Waals surface area contributed by atoms with Crippen molar-refractivity contribution < 1.29 is 4.79 Å². The van der Waals surface area contributed by atoms with Gasteiger partial charge in [0.25, 0.3) is 0 Å². The van der Waals surface area contributed by atoms with E-state index in [0.717, 1.165) is 23.0 Å². The summed E-state index contributed by atoms with van der Waals surface area (Å²) in [7, 11) is 0. The van der Waals surface area contributed by atoms with E-state index in [1.165, 1.54) is 16.7 Å². The van der Waals surface area contributed by atoms with Crippen molar-refractivity contribution in [2.45, 2.75) is 20.8 Å². The number of rotatable bonds is 2. The molecular formula is C16H16O. The van der Waals surface area contributed by atoms with Gasteiger partial charge in [-0.2, -0.15) is 0 Å². The van der Waals surface area contributed by atoms with Gasteiger partial charge in [-0.25, -0.2) is 0 Å².